The number of carbonyl (C=O) groups excluding carboxylic acids is 1. The van der Waals surface area contributed by atoms with Crippen molar-refractivity contribution in [1.29, 1.82) is 0 Å². The van der Waals surface area contributed by atoms with Gasteiger partial charge in [-0.1, -0.05) is 30.3 Å². The highest BCUT2D eigenvalue weighted by Crippen LogP contribution is 1.99. The van der Waals surface area contributed by atoms with Crippen molar-refractivity contribution in [1.82, 2.24) is 0 Å². The number of ketones is 1. The zero-order valence-corrected chi connectivity index (χ0v) is 7.12. The van der Waals surface area contributed by atoms with Crippen LogP contribution in [0.5, 0.6) is 0 Å². The van der Waals surface area contributed by atoms with Crippen molar-refractivity contribution in [3.63, 3.8) is 0 Å². The lowest BCUT2D eigenvalue weighted by Gasteiger charge is -1.98. The van der Waals surface area contributed by atoms with Crippen molar-refractivity contribution >= 4 is 5.78 Å². The topological polar surface area (TPSA) is 26.3 Å². The molecule has 2 heteroatoms. The number of carbonyl (C=O) groups is 1. The molecule has 0 heterocycles. The Morgan fingerprint density at radius 2 is 2.00 bits per heavy atom. The van der Waals surface area contributed by atoms with Gasteiger partial charge in [0.05, 0.1) is 0 Å². The van der Waals surface area contributed by atoms with Gasteiger partial charge in [-0.25, -0.2) is 0 Å². The lowest BCUT2D eigenvalue weighted by molar-refractivity contribution is -0.121. The molecule has 0 fully saturated rings. The van der Waals surface area contributed by atoms with E-state index in [0.29, 0.717) is 6.42 Å². The number of Topliss-reactive ketones (excluding diaryl/α,β-unsaturated/α-hetero) is 1. The first-order valence-corrected chi connectivity index (χ1v) is 3.87. The van der Waals surface area contributed by atoms with E-state index in [2.05, 4.69) is 0 Å². The molecule has 0 unspecified atom stereocenters. The van der Waals surface area contributed by atoms with Crippen LogP contribution in [0.1, 0.15) is 5.56 Å². The SMILES string of the molecule is COCC(=O)Cc1ccccc1. The third-order valence-corrected chi connectivity index (χ3v) is 1.55. The number of hydrogen-bond acceptors (Lipinski definition) is 2. The molecule has 0 aliphatic rings. The second-order valence-corrected chi connectivity index (χ2v) is 2.63. The second-order valence-electron chi connectivity index (χ2n) is 2.63. The first kappa shape index (κ1) is 8.94. The molecule has 0 bridgehead atoms. The van der Waals surface area contributed by atoms with Crippen LogP contribution >= 0.6 is 0 Å². The van der Waals surface area contributed by atoms with Gasteiger partial charge in [0.2, 0.25) is 0 Å². The molecule has 1 aromatic carbocycles. The van der Waals surface area contributed by atoms with Gasteiger partial charge in [-0.05, 0) is 5.56 Å². The lowest BCUT2D eigenvalue weighted by Crippen LogP contribution is -2.09. The maximum atomic E-state index is 11.1. The average Bonchev–Trinajstić information content (AvgIpc) is 2.06. The first-order valence-electron chi connectivity index (χ1n) is 3.87. The molecule has 0 atom stereocenters. The van der Waals surface area contributed by atoms with Crippen molar-refractivity contribution in [3.8, 4) is 0 Å². The van der Waals surface area contributed by atoms with Crippen LogP contribution in [-0.4, -0.2) is 19.5 Å². The van der Waals surface area contributed by atoms with E-state index in [0.717, 1.165) is 5.56 Å². The van der Waals surface area contributed by atoms with Crippen LogP contribution < -0.4 is 0 Å². The van der Waals surface area contributed by atoms with Gasteiger partial charge in [-0.2, -0.15) is 0 Å². The summed E-state index contributed by atoms with van der Waals surface area (Å²) in [5.74, 6) is 0.115. The van der Waals surface area contributed by atoms with Crippen molar-refractivity contribution in [2.24, 2.45) is 0 Å². The number of methoxy groups -OCH3 is 1. The molecule has 0 N–H and O–H groups in total. The summed E-state index contributed by atoms with van der Waals surface area (Å²) in [7, 11) is 1.53. The van der Waals surface area contributed by atoms with Crippen molar-refractivity contribution < 1.29 is 9.53 Å². The highest BCUT2D eigenvalue weighted by atomic mass is 16.5. The quantitative estimate of drug-likeness (QED) is 0.673. The number of rotatable bonds is 4. The molecule has 0 saturated heterocycles. The Kier molecular flexibility index (Phi) is 3.48. The third-order valence-electron chi connectivity index (χ3n) is 1.55. The average molecular weight is 164 g/mol. The summed E-state index contributed by atoms with van der Waals surface area (Å²) in [6.07, 6.45) is 0.467. The van der Waals surface area contributed by atoms with Gasteiger partial charge >= 0.3 is 0 Å². The zero-order valence-electron chi connectivity index (χ0n) is 7.12. The van der Waals surface area contributed by atoms with Gasteiger partial charge in [0.1, 0.15) is 6.61 Å². The monoisotopic (exact) mass is 164 g/mol. The van der Waals surface area contributed by atoms with Crippen LogP contribution in [0, 0.1) is 0 Å². The summed E-state index contributed by atoms with van der Waals surface area (Å²) in [5, 5.41) is 0. The highest BCUT2D eigenvalue weighted by molar-refractivity contribution is 5.81. The summed E-state index contributed by atoms with van der Waals surface area (Å²) in [5.41, 5.74) is 1.04. The minimum atomic E-state index is 0.115. The molecule has 0 amide bonds. The van der Waals surface area contributed by atoms with E-state index in [1.807, 2.05) is 30.3 Å². The van der Waals surface area contributed by atoms with Crippen LogP contribution in [-0.2, 0) is 16.0 Å². The number of ether oxygens (including phenoxy) is 1. The van der Waals surface area contributed by atoms with Crippen LogP contribution in [0.15, 0.2) is 30.3 Å². The summed E-state index contributed by atoms with van der Waals surface area (Å²) < 4.78 is 4.73. The van der Waals surface area contributed by atoms with E-state index in [4.69, 9.17) is 4.74 Å². The Balaban J connectivity index is 2.47. The lowest BCUT2D eigenvalue weighted by atomic mass is 10.1. The Morgan fingerprint density at radius 3 is 2.58 bits per heavy atom. The van der Waals surface area contributed by atoms with Gasteiger partial charge in [-0.3, -0.25) is 4.79 Å². The van der Waals surface area contributed by atoms with Gasteiger partial charge in [0.25, 0.3) is 0 Å². The fourth-order valence-corrected chi connectivity index (χ4v) is 1.04. The fraction of sp³-hybridized carbons (Fsp3) is 0.300. The van der Waals surface area contributed by atoms with Crippen molar-refractivity contribution in [2.75, 3.05) is 13.7 Å². The Hall–Kier alpha value is -1.15. The predicted molar refractivity (Wildman–Crippen MR) is 47.0 cm³/mol. The molecular weight excluding hydrogens is 152 g/mol. The predicted octanol–water partition coefficient (Wildman–Crippen LogP) is 1.44. The molecule has 12 heavy (non-hydrogen) atoms. The summed E-state index contributed by atoms with van der Waals surface area (Å²) in [6, 6.07) is 9.66. The van der Waals surface area contributed by atoms with Gasteiger partial charge in [0, 0.05) is 13.5 Å². The molecule has 0 radical (unpaired) electrons. The molecule has 2 nitrogen and oxygen atoms in total. The molecular formula is C10H12O2. The van der Waals surface area contributed by atoms with Crippen molar-refractivity contribution in [2.45, 2.75) is 6.42 Å². The van der Waals surface area contributed by atoms with Crippen LogP contribution in [0.4, 0.5) is 0 Å². The Labute approximate surface area is 72.2 Å². The highest BCUT2D eigenvalue weighted by Gasteiger charge is 2.01. The molecule has 0 aliphatic heterocycles. The van der Waals surface area contributed by atoms with E-state index in [1.54, 1.807) is 0 Å². The first-order chi connectivity index (χ1) is 5.83. The maximum Gasteiger partial charge on any atom is 0.162 e. The molecule has 0 aliphatic carbocycles. The fourth-order valence-electron chi connectivity index (χ4n) is 1.04. The smallest absolute Gasteiger partial charge is 0.162 e. The standard InChI is InChI=1S/C10H12O2/c1-12-8-10(11)7-9-5-3-2-4-6-9/h2-6H,7-8H2,1H3. The number of benzene rings is 1. The Morgan fingerprint density at radius 1 is 1.33 bits per heavy atom. The molecule has 0 spiro atoms. The zero-order chi connectivity index (χ0) is 8.81. The van der Waals surface area contributed by atoms with Gasteiger partial charge in [0.15, 0.2) is 5.78 Å². The van der Waals surface area contributed by atoms with E-state index >= 15 is 0 Å². The van der Waals surface area contributed by atoms with Gasteiger partial charge < -0.3 is 4.74 Å². The largest absolute Gasteiger partial charge is 0.377 e. The van der Waals surface area contributed by atoms with Crippen LogP contribution in [0.25, 0.3) is 0 Å². The summed E-state index contributed by atoms with van der Waals surface area (Å²) in [6.45, 7) is 0.203. The third kappa shape index (κ3) is 2.84. The normalized spacial score (nSPS) is 9.75. The van der Waals surface area contributed by atoms with E-state index in [-0.39, 0.29) is 12.4 Å². The molecule has 1 rings (SSSR count). The second kappa shape index (κ2) is 4.67. The molecule has 1 aromatic rings. The Bertz CT molecular complexity index is 241. The van der Waals surface area contributed by atoms with Crippen molar-refractivity contribution in [3.05, 3.63) is 35.9 Å². The number of hydrogen-bond donors (Lipinski definition) is 0. The summed E-state index contributed by atoms with van der Waals surface area (Å²) in [4.78, 5) is 11.1. The molecule has 0 saturated carbocycles. The van der Waals surface area contributed by atoms with E-state index in [9.17, 15) is 4.79 Å². The maximum absolute atomic E-state index is 11.1. The minimum Gasteiger partial charge on any atom is -0.377 e. The van der Waals surface area contributed by atoms with E-state index in [1.165, 1.54) is 7.11 Å². The minimum absolute atomic E-state index is 0.115. The van der Waals surface area contributed by atoms with E-state index < -0.39 is 0 Å². The van der Waals surface area contributed by atoms with Crippen LogP contribution in [0.3, 0.4) is 0 Å². The summed E-state index contributed by atoms with van der Waals surface area (Å²) >= 11 is 0. The van der Waals surface area contributed by atoms with Crippen LogP contribution in [0.2, 0.25) is 0 Å². The molecule has 0 aromatic heterocycles. The molecule has 64 valence electrons. The van der Waals surface area contributed by atoms with Gasteiger partial charge in [-0.15, -0.1) is 0 Å².